The fourth-order valence-electron chi connectivity index (χ4n) is 2.59. The number of nitrogens with zero attached hydrogens (tertiary/aromatic N) is 1. The number of carboxylic acid groups (broad SMARTS) is 1. The molecule has 2 aliphatic heterocycles. The van der Waals surface area contributed by atoms with E-state index < -0.39 is 12.1 Å². The second kappa shape index (κ2) is 5.13. The van der Waals surface area contributed by atoms with Crippen molar-refractivity contribution < 1.29 is 24.2 Å². The van der Waals surface area contributed by atoms with Crippen molar-refractivity contribution in [1.29, 1.82) is 0 Å². The summed E-state index contributed by atoms with van der Waals surface area (Å²) in [6.45, 7) is 1.07. The van der Waals surface area contributed by atoms with Gasteiger partial charge in [0.2, 0.25) is 5.91 Å². The van der Waals surface area contributed by atoms with Crippen molar-refractivity contribution in [3.8, 4) is 5.75 Å². The van der Waals surface area contributed by atoms with Gasteiger partial charge in [-0.15, -0.1) is 0 Å². The normalized spacial score (nSPS) is 24.9. The molecule has 3 rings (SSSR count). The van der Waals surface area contributed by atoms with Gasteiger partial charge in [0.05, 0.1) is 13.2 Å². The lowest BCUT2D eigenvalue weighted by molar-refractivity contribution is -0.159. The van der Waals surface area contributed by atoms with E-state index in [0.29, 0.717) is 13.2 Å². The Balaban J connectivity index is 1.75. The van der Waals surface area contributed by atoms with Gasteiger partial charge in [0.1, 0.15) is 18.3 Å². The Morgan fingerprint density at radius 3 is 2.90 bits per heavy atom. The van der Waals surface area contributed by atoms with E-state index in [1.807, 2.05) is 24.3 Å². The number of morpholine rings is 1. The van der Waals surface area contributed by atoms with Crippen LogP contribution in [0.25, 0.3) is 0 Å². The first-order valence-electron chi connectivity index (χ1n) is 6.51. The number of amides is 1. The molecule has 20 heavy (non-hydrogen) atoms. The minimum atomic E-state index is -1.04. The zero-order chi connectivity index (χ0) is 14.1. The SMILES string of the molecule is O=C(O)C1CN(C(=O)C2COc3ccccc32)CCO1. The zero-order valence-corrected chi connectivity index (χ0v) is 10.8. The van der Waals surface area contributed by atoms with Crippen LogP contribution in [0.3, 0.4) is 0 Å². The van der Waals surface area contributed by atoms with Gasteiger partial charge in [-0.05, 0) is 6.07 Å². The van der Waals surface area contributed by atoms with Crippen molar-refractivity contribution in [2.24, 2.45) is 0 Å². The van der Waals surface area contributed by atoms with Crippen molar-refractivity contribution >= 4 is 11.9 Å². The van der Waals surface area contributed by atoms with Gasteiger partial charge in [-0.1, -0.05) is 18.2 Å². The molecule has 2 aliphatic rings. The summed E-state index contributed by atoms with van der Waals surface area (Å²) in [7, 11) is 0. The molecule has 0 saturated carbocycles. The summed E-state index contributed by atoms with van der Waals surface area (Å²) in [6, 6.07) is 7.44. The van der Waals surface area contributed by atoms with Crippen molar-refractivity contribution in [2.75, 3.05) is 26.3 Å². The zero-order valence-electron chi connectivity index (χ0n) is 10.8. The number of carbonyl (C=O) groups is 2. The summed E-state index contributed by atoms with van der Waals surface area (Å²) >= 11 is 0. The molecule has 0 radical (unpaired) electrons. The summed E-state index contributed by atoms with van der Waals surface area (Å²) in [5, 5.41) is 8.97. The molecule has 0 spiro atoms. The molecular formula is C14H15NO5. The molecule has 0 aliphatic carbocycles. The maximum absolute atomic E-state index is 12.5. The second-order valence-corrected chi connectivity index (χ2v) is 4.88. The van der Waals surface area contributed by atoms with E-state index in [2.05, 4.69) is 0 Å². The smallest absolute Gasteiger partial charge is 0.334 e. The largest absolute Gasteiger partial charge is 0.492 e. The van der Waals surface area contributed by atoms with Gasteiger partial charge in [-0.2, -0.15) is 0 Å². The molecule has 2 atom stereocenters. The van der Waals surface area contributed by atoms with Crippen LogP contribution in [0.2, 0.25) is 0 Å². The van der Waals surface area contributed by atoms with Gasteiger partial charge in [-0.25, -0.2) is 4.79 Å². The topological polar surface area (TPSA) is 76.1 Å². The third-order valence-electron chi connectivity index (χ3n) is 3.65. The van der Waals surface area contributed by atoms with Gasteiger partial charge in [0.15, 0.2) is 6.10 Å². The van der Waals surface area contributed by atoms with Gasteiger partial charge in [-0.3, -0.25) is 4.79 Å². The summed E-state index contributed by atoms with van der Waals surface area (Å²) in [5.74, 6) is -0.747. The standard InChI is InChI=1S/C14H15NO5/c16-13(15-5-6-19-12(7-15)14(17)18)10-8-20-11-4-2-1-3-9(10)11/h1-4,10,12H,5-8H2,(H,17,18). The van der Waals surface area contributed by atoms with E-state index in [4.69, 9.17) is 14.6 Å². The number of rotatable bonds is 2. The number of carboxylic acids is 1. The molecule has 6 heteroatoms. The third kappa shape index (κ3) is 2.22. The number of aliphatic carboxylic acids is 1. The first kappa shape index (κ1) is 12.9. The summed E-state index contributed by atoms with van der Waals surface area (Å²) in [4.78, 5) is 25.0. The van der Waals surface area contributed by atoms with Gasteiger partial charge in [0.25, 0.3) is 0 Å². The van der Waals surface area contributed by atoms with Crippen LogP contribution in [-0.2, 0) is 14.3 Å². The first-order chi connectivity index (χ1) is 9.66. The average Bonchev–Trinajstić information content (AvgIpc) is 2.90. The van der Waals surface area contributed by atoms with Gasteiger partial charge >= 0.3 is 5.97 Å². The number of ether oxygens (including phenoxy) is 2. The molecule has 1 amide bonds. The average molecular weight is 277 g/mol. The van der Waals surface area contributed by atoms with Crippen LogP contribution in [0.15, 0.2) is 24.3 Å². The lowest BCUT2D eigenvalue weighted by Crippen LogP contribution is -2.50. The quantitative estimate of drug-likeness (QED) is 0.850. The lowest BCUT2D eigenvalue weighted by Gasteiger charge is -2.32. The Hall–Kier alpha value is -2.08. The predicted octanol–water partition coefficient (Wildman–Crippen LogP) is 0.475. The van der Waals surface area contributed by atoms with Crippen LogP contribution in [0, 0.1) is 0 Å². The van der Waals surface area contributed by atoms with E-state index in [-0.39, 0.29) is 25.0 Å². The molecule has 6 nitrogen and oxygen atoms in total. The summed E-state index contributed by atoms with van der Waals surface area (Å²) < 4.78 is 10.6. The molecule has 1 N–H and O–H groups in total. The number of hydrogen-bond donors (Lipinski definition) is 1. The molecule has 2 heterocycles. The molecule has 2 unspecified atom stereocenters. The molecule has 1 fully saturated rings. The Bertz CT molecular complexity index is 544. The van der Waals surface area contributed by atoms with Crippen molar-refractivity contribution in [2.45, 2.75) is 12.0 Å². The molecular weight excluding hydrogens is 262 g/mol. The molecule has 1 saturated heterocycles. The lowest BCUT2D eigenvalue weighted by atomic mass is 9.99. The highest BCUT2D eigenvalue weighted by Gasteiger charge is 2.36. The van der Waals surface area contributed by atoms with Crippen molar-refractivity contribution in [1.82, 2.24) is 4.90 Å². The minimum absolute atomic E-state index is 0.0901. The van der Waals surface area contributed by atoms with Crippen molar-refractivity contribution in [3.05, 3.63) is 29.8 Å². The third-order valence-corrected chi connectivity index (χ3v) is 3.65. The van der Waals surface area contributed by atoms with Crippen LogP contribution in [0.1, 0.15) is 11.5 Å². The van der Waals surface area contributed by atoms with E-state index in [1.165, 1.54) is 0 Å². The number of benzene rings is 1. The van der Waals surface area contributed by atoms with Gasteiger partial charge in [0, 0.05) is 12.1 Å². The molecule has 1 aromatic rings. The maximum atomic E-state index is 12.5. The Morgan fingerprint density at radius 1 is 1.30 bits per heavy atom. The maximum Gasteiger partial charge on any atom is 0.334 e. The molecule has 0 aromatic heterocycles. The van der Waals surface area contributed by atoms with Crippen LogP contribution in [-0.4, -0.2) is 54.3 Å². The highest BCUT2D eigenvalue weighted by Crippen LogP contribution is 2.34. The van der Waals surface area contributed by atoms with Crippen LogP contribution >= 0.6 is 0 Å². The second-order valence-electron chi connectivity index (χ2n) is 4.88. The highest BCUT2D eigenvalue weighted by molar-refractivity contribution is 5.86. The molecule has 106 valence electrons. The number of fused-ring (bicyclic) bond motifs is 1. The highest BCUT2D eigenvalue weighted by atomic mass is 16.5. The summed E-state index contributed by atoms with van der Waals surface area (Å²) in [5.41, 5.74) is 0.871. The van der Waals surface area contributed by atoms with E-state index >= 15 is 0 Å². The fraction of sp³-hybridized carbons (Fsp3) is 0.429. The fourth-order valence-corrected chi connectivity index (χ4v) is 2.59. The van der Waals surface area contributed by atoms with E-state index in [9.17, 15) is 9.59 Å². The molecule has 1 aromatic carbocycles. The number of hydrogen-bond acceptors (Lipinski definition) is 4. The Kier molecular flexibility index (Phi) is 3.31. The summed E-state index contributed by atoms with van der Waals surface area (Å²) in [6.07, 6.45) is -0.940. The number of para-hydroxylation sites is 1. The van der Waals surface area contributed by atoms with Crippen LogP contribution in [0.5, 0.6) is 5.75 Å². The molecule has 0 bridgehead atoms. The monoisotopic (exact) mass is 277 g/mol. The number of carbonyl (C=O) groups excluding carboxylic acids is 1. The van der Waals surface area contributed by atoms with Crippen LogP contribution < -0.4 is 4.74 Å². The van der Waals surface area contributed by atoms with Crippen LogP contribution in [0.4, 0.5) is 0 Å². The van der Waals surface area contributed by atoms with E-state index in [1.54, 1.807) is 4.90 Å². The first-order valence-corrected chi connectivity index (χ1v) is 6.51. The predicted molar refractivity (Wildman–Crippen MR) is 68.6 cm³/mol. The Morgan fingerprint density at radius 2 is 2.10 bits per heavy atom. The Labute approximate surface area is 115 Å². The van der Waals surface area contributed by atoms with Crippen molar-refractivity contribution in [3.63, 3.8) is 0 Å². The minimum Gasteiger partial charge on any atom is -0.492 e. The van der Waals surface area contributed by atoms with Gasteiger partial charge < -0.3 is 19.5 Å². The van der Waals surface area contributed by atoms with E-state index in [0.717, 1.165) is 11.3 Å².